The highest BCUT2D eigenvalue weighted by molar-refractivity contribution is 5.82. The monoisotopic (exact) mass is 356 g/mol. The van der Waals surface area contributed by atoms with E-state index in [1.165, 1.54) is 0 Å². The number of carbonyl (C=O) groups is 1. The van der Waals surface area contributed by atoms with E-state index in [2.05, 4.69) is 10.0 Å². The van der Waals surface area contributed by atoms with Crippen LogP contribution in [0.2, 0.25) is 0 Å². The van der Waals surface area contributed by atoms with Gasteiger partial charge in [0.2, 0.25) is 0 Å². The predicted octanol–water partition coefficient (Wildman–Crippen LogP) is 4.84. The number of nitrogens with zero attached hydrogens (tertiary/aromatic N) is 3. The molecule has 1 rings (SSSR count). The molecule has 0 aliphatic carbocycles. The summed E-state index contributed by atoms with van der Waals surface area (Å²) in [5.74, 6) is 0. The quantitative estimate of drug-likeness (QED) is 0.342. The predicted molar refractivity (Wildman–Crippen MR) is 70.5 cm³/mol. The zero-order chi connectivity index (χ0) is 18.6. The first-order valence-electron chi connectivity index (χ1n) is 6.20. The molecule has 0 aliphatic rings. The molecule has 6 nitrogen and oxygen atoms in total. The molecule has 0 atom stereocenters. The van der Waals surface area contributed by atoms with Gasteiger partial charge in [-0.3, -0.25) is 5.32 Å². The number of rotatable bonds is 5. The summed E-state index contributed by atoms with van der Waals surface area (Å²) in [5.41, 5.74) is 2.52. The van der Waals surface area contributed by atoms with Crippen LogP contribution in [0.4, 0.5) is 36.8 Å². The van der Waals surface area contributed by atoms with E-state index in [1.807, 2.05) is 0 Å². The molecule has 0 fully saturated rings. The second kappa shape index (κ2) is 6.87. The maximum absolute atomic E-state index is 13.3. The summed E-state index contributed by atoms with van der Waals surface area (Å²) in [6.45, 7) is -1.02. The molecule has 2 N–H and O–H groups in total. The molecular formula is C12H10F6N4O2. The Morgan fingerprint density at radius 3 is 2.00 bits per heavy atom. The van der Waals surface area contributed by atoms with Crippen LogP contribution in [0.1, 0.15) is 12.0 Å². The molecule has 0 saturated heterocycles. The fourth-order valence-electron chi connectivity index (χ4n) is 2.14. The first-order valence-corrected chi connectivity index (χ1v) is 6.20. The first-order chi connectivity index (χ1) is 11.0. The van der Waals surface area contributed by atoms with Crippen molar-refractivity contribution in [3.63, 3.8) is 0 Å². The van der Waals surface area contributed by atoms with Crippen molar-refractivity contribution in [2.24, 2.45) is 5.11 Å². The lowest BCUT2D eigenvalue weighted by molar-refractivity contribution is -0.304. The number of azide groups is 1. The van der Waals surface area contributed by atoms with Gasteiger partial charge in [-0.1, -0.05) is 17.2 Å². The summed E-state index contributed by atoms with van der Waals surface area (Å²) in [5, 5.41) is 13.0. The fraction of sp³-hybridized carbons (Fsp3) is 0.417. The van der Waals surface area contributed by atoms with Gasteiger partial charge in [0.25, 0.3) is 0 Å². The molecule has 1 aromatic carbocycles. The number of benzene rings is 1. The van der Waals surface area contributed by atoms with Gasteiger partial charge in [-0.15, -0.1) is 0 Å². The van der Waals surface area contributed by atoms with Crippen molar-refractivity contribution in [3.8, 4) is 0 Å². The number of halogens is 6. The van der Waals surface area contributed by atoms with Crippen LogP contribution < -0.4 is 5.32 Å². The molecule has 0 spiro atoms. The summed E-state index contributed by atoms with van der Waals surface area (Å²) in [4.78, 5) is 12.6. The zero-order valence-corrected chi connectivity index (χ0v) is 11.7. The van der Waals surface area contributed by atoms with E-state index in [9.17, 15) is 31.1 Å². The third-order valence-corrected chi connectivity index (χ3v) is 3.25. The molecule has 0 aromatic heterocycles. The van der Waals surface area contributed by atoms with E-state index >= 15 is 0 Å². The van der Waals surface area contributed by atoms with Crippen molar-refractivity contribution < 1.29 is 36.2 Å². The van der Waals surface area contributed by atoms with Crippen LogP contribution in [-0.4, -0.2) is 30.1 Å². The fourth-order valence-corrected chi connectivity index (χ4v) is 2.14. The SMILES string of the molecule is [N-]=[N+]=NCCC(c1ccc(NC(=O)O)cc1)(C(F)(F)F)C(F)(F)F. The molecule has 12 heteroatoms. The Morgan fingerprint density at radius 2 is 1.62 bits per heavy atom. The maximum Gasteiger partial charge on any atom is 0.409 e. The minimum Gasteiger partial charge on any atom is -0.465 e. The second-order valence-electron chi connectivity index (χ2n) is 4.61. The highest BCUT2D eigenvalue weighted by Crippen LogP contribution is 2.54. The molecule has 24 heavy (non-hydrogen) atoms. The number of anilines is 1. The number of amides is 1. The minimum absolute atomic E-state index is 0.195. The summed E-state index contributed by atoms with van der Waals surface area (Å²) in [6, 6.07) is 2.62. The van der Waals surface area contributed by atoms with Crippen molar-refractivity contribution >= 4 is 11.8 Å². The summed E-state index contributed by atoms with van der Waals surface area (Å²) in [7, 11) is 0. The van der Waals surface area contributed by atoms with Crippen molar-refractivity contribution in [2.45, 2.75) is 24.2 Å². The maximum atomic E-state index is 13.3. The highest BCUT2D eigenvalue weighted by atomic mass is 19.4. The van der Waals surface area contributed by atoms with Crippen LogP contribution in [-0.2, 0) is 5.41 Å². The highest BCUT2D eigenvalue weighted by Gasteiger charge is 2.70. The second-order valence-corrected chi connectivity index (χ2v) is 4.61. The Morgan fingerprint density at radius 1 is 1.12 bits per heavy atom. The summed E-state index contributed by atoms with van der Waals surface area (Å²) < 4.78 is 80.0. The van der Waals surface area contributed by atoms with E-state index < -0.39 is 42.4 Å². The molecule has 1 aromatic rings. The first kappa shape index (κ1) is 19.4. The normalized spacial score (nSPS) is 12.4. The van der Waals surface area contributed by atoms with Crippen LogP contribution in [0.5, 0.6) is 0 Å². The van der Waals surface area contributed by atoms with Gasteiger partial charge in [0.1, 0.15) is 0 Å². The molecule has 0 saturated carbocycles. The van der Waals surface area contributed by atoms with E-state index in [0.717, 1.165) is 12.1 Å². The Bertz CT molecular complexity index is 620. The Kier molecular flexibility index (Phi) is 5.56. The Balaban J connectivity index is 3.45. The molecule has 1 amide bonds. The van der Waals surface area contributed by atoms with Gasteiger partial charge in [-0.05, 0) is 29.6 Å². The molecule has 132 valence electrons. The topological polar surface area (TPSA) is 98.1 Å². The van der Waals surface area contributed by atoms with Crippen LogP contribution in [0.25, 0.3) is 10.4 Å². The average Bonchev–Trinajstić information content (AvgIpc) is 2.41. The third-order valence-electron chi connectivity index (χ3n) is 3.25. The van der Waals surface area contributed by atoms with Crippen LogP contribution in [0.3, 0.4) is 0 Å². The van der Waals surface area contributed by atoms with Gasteiger partial charge >= 0.3 is 18.4 Å². The van der Waals surface area contributed by atoms with Crippen molar-refractivity contribution in [2.75, 3.05) is 11.9 Å². The smallest absolute Gasteiger partial charge is 0.409 e. The van der Waals surface area contributed by atoms with Gasteiger partial charge in [-0.2, -0.15) is 26.3 Å². The van der Waals surface area contributed by atoms with Gasteiger partial charge < -0.3 is 5.11 Å². The van der Waals surface area contributed by atoms with E-state index in [0.29, 0.717) is 12.1 Å². The molecule has 0 radical (unpaired) electrons. The minimum atomic E-state index is -5.71. The number of nitrogens with one attached hydrogen (secondary N) is 1. The standard InChI is InChI=1S/C12H10F6N4O2/c13-11(14,15)10(12(16,17)18,5-6-20-22-19)7-1-3-8(4-2-7)21-9(23)24/h1-4,21H,5-6H2,(H,23,24). The van der Waals surface area contributed by atoms with E-state index in [-0.39, 0.29) is 5.69 Å². The lowest BCUT2D eigenvalue weighted by Gasteiger charge is -2.37. The van der Waals surface area contributed by atoms with Gasteiger partial charge in [0.15, 0.2) is 5.41 Å². The molecule has 0 bridgehead atoms. The van der Waals surface area contributed by atoms with E-state index in [4.69, 9.17) is 10.6 Å². The molecule has 0 aliphatic heterocycles. The number of hydrogen-bond acceptors (Lipinski definition) is 2. The van der Waals surface area contributed by atoms with Crippen LogP contribution in [0.15, 0.2) is 29.4 Å². The van der Waals surface area contributed by atoms with Gasteiger partial charge in [-0.25, -0.2) is 4.79 Å². The molecule has 0 unspecified atom stereocenters. The number of carboxylic acid groups (broad SMARTS) is 1. The van der Waals surface area contributed by atoms with Crippen LogP contribution >= 0.6 is 0 Å². The van der Waals surface area contributed by atoms with Gasteiger partial charge in [0, 0.05) is 17.1 Å². The average molecular weight is 356 g/mol. The Hall–Kier alpha value is -2.62. The van der Waals surface area contributed by atoms with Crippen molar-refractivity contribution in [3.05, 3.63) is 40.3 Å². The molecule has 0 heterocycles. The van der Waals surface area contributed by atoms with Crippen molar-refractivity contribution in [1.82, 2.24) is 0 Å². The van der Waals surface area contributed by atoms with Crippen molar-refractivity contribution in [1.29, 1.82) is 0 Å². The lowest BCUT2D eigenvalue weighted by atomic mass is 9.76. The molecular weight excluding hydrogens is 346 g/mol. The number of alkyl halides is 6. The lowest BCUT2D eigenvalue weighted by Crippen LogP contribution is -2.54. The van der Waals surface area contributed by atoms with Crippen LogP contribution in [0, 0.1) is 0 Å². The largest absolute Gasteiger partial charge is 0.465 e. The summed E-state index contributed by atoms with van der Waals surface area (Å²) in [6.07, 6.45) is -14.5. The Labute approximate surface area is 130 Å². The van der Waals surface area contributed by atoms with E-state index in [1.54, 1.807) is 5.32 Å². The van der Waals surface area contributed by atoms with Gasteiger partial charge in [0.05, 0.1) is 0 Å². The third kappa shape index (κ3) is 3.82. The summed E-state index contributed by atoms with van der Waals surface area (Å²) >= 11 is 0. The zero-order valence-electron chi connectivity index (χ0n) is 11.7. The number of hydrogen-bond donors (Lipinski definition) is 2.